The Hall–Kier alpha value is -6.52. The van der Waals surface area contributed by atoms with Crippen LogP contribution in [-0.4, -0.2) is 16.1 Å². The van der Waals surface area contributed by atoms with Crippen LogP contribution in [0.4, 0.5) is 17.1 Å². The molecule has 0 unspecified atom stereocenters. The molecule has 8 aromatic rings. The van der Waals surface area contributed by atoms with Crippen LogP contribution in [0.25, 0.3) is 0 Å². The molecule has 0 amide bonds. The Morgan fingerprint density at radius 1 is 0.377 bits per heavy atom. The second-order valence-corrected chi connectivity index (χ2v) is 21.1. The van der Waals surface area contributed by atoms with Crippen molar-refractivity contribution in [2.75, 3.05) is 4.90 Å². The first-order valence-corrected chi connectivity index (χ1v) is 22.1. The molecule has 0 aliphatic carbocycles. The van der Waals surface area contributed by atoms with Crippen molar-refractivity contribution in [2.24, 2.45) is 0 Å². The molecule has 1 aliphatic heterocycles. The summed E-state index contributed by atoms with van der Waals surface area (Å²) in [6.07, 6.45) is 0. The summed E-state index contributed by atoms with van der Waals surface area (Å²) in [7, 11) is -5.47. The van der Waals surface area contributed by atoms with Gasteiger partial charge in [0.1, 0.15) is 0 Å². The summed E-state index contributed by atoms with van der Waals surface area (Å²) in [5, 5.41) is 20.4. The second kappa shape index (κ2) is 13.6. The molecule has 0 radical (unpaired) electrons. The third-order valence-corrected chi connectivity index (χ3v) is 20.6. The monoisotopic (exact) mass is 708 g/mol. The Balaban J connectivity index is 1.27. The molecule has 0 N–H and O–H groups in total. The van der Waals surface area contributed by atoms with E-state index in [4.69, 9.17) is 0 Å². The SMILES string of the molecule is N#Cc1ccc([Si](c2ccccc2)(c2ccccc2)c2ccc(N3c4ccccc4[Si](c4ccccc4)(c4ccccc4)c4ccccc43)cc2)cc1. The fraction of sp³-hybridized carbons (Fsp3) is 0. The van der Waals surface area contributed by atoms with Crippen LogP contribution in [0.15, 0.2) is 218 Å². The Labute approximate surface area is 313 Å². The molecule has 0 spiro atoms. The van der Waals surface area contributed by atoms with Crippen LogP contribution in [0.5, 0.6) is 0 Å². The van der Waals surface area contributed by atoms with E-state index in [2.05, 4.69) is 217 Å². The van der Waals surface area contributed by atoms with Gasteiger partial charge in [-0.2, -0.15) is 5.26 Å². The third-order valence-electron chi connectivity index (χ3n) is 10.9. The molecule has 4 heteroatoms. The number of nitriles is 1. The van der Waals surface area contributed by atoms with Gasteiger partial charge in [-0.1, -0.05) is 182 Å². The Morgan fingerprint density at radius 2 is 0.736 bits per heavy atom. The fourth-order valence-electron chi connectivity index (χ4n) is 8.72. The molecule has 0 saturated carbocycles. The summed E-state index contributed by atoms with van der Waals surface area (Å²) >= 11 is 0. The smallest absolute Gasteiger partial charge is 0.184 e. The van der Waals surface area contributed by atoms with Gasteiger partial charge in [-0.05, 0) is 77.9 Å². The highest BCUT2D eigenvalue weighted by Crippen LogP contribution is 2.38. The van der Waals surface area contributed by atoms with Gasteiger partial charge in [0.2, 0.25) is 0 Å². The summed E-state index contributed by atoms with van der Waals surface area (Å²) in [5.74, 6) is 0. The molecule has 9 rings (SSSR count). The zero-order valence-electron chi connectivity index (χ0n) is 29.2. The van der Waals surface area contributed by atoms with E-state index in [9.17, 15) is 5.26 Å². The number of hydrogen-bond acceptors (Lipinski definition) is 2. The van der Waals surface area contributed by atoms with Gasteiger partial charge in [0.25, 0.3) is 0 Å². The highest BCUT2D eigenvalue weighted by Gasteiger charge is 2.49. The minimum absolute atomic E-state index is 0.668. The summed E-state index contributed by atoms with van der Waals surface area (Å²) < 4.78 is 0. The van der Waals surface area contributed by atoms with Gasteiger partial charge < -0.3 is 4.90 Å². The quantitative estimate of drug-likeness (QED) is 0.148. The van der Waals surface area contributed by atoms with Gasteiger partial charge in [-0.3, -0.25) is 0 Å². The molecule has 1 aliphatic rings. The molecule has 0 fully saturated rings. The predicted octanol–water partition coefficient (Wildman–Crippen LogP) is 6.10. The van der Waals surface area contributed by atoms with E-state index in [-0.39, 0.29) is 0 Å². The maximum absolute atomic E-state index is 9.70. The number of fused-ring (bicyclic) bond motifs is 2. The fourth-order valence-corrected chi connectivity index (χ4v) is 18.5. The van der Waals surface area contributed by atoms with E-state index in [1.807, 2.05) is 12.1 Å². The minimum Gasteiger partial charge on any atom is -0.311 e. The van der Waals surface area contributed by atoms with E-state index < -0.39 is 16.1 Å². The lowest BCUT2D eigenvalue weighted by Crippen LogP contribution is -2.77. The highest BCUT2D eigenvalue weighted by molar-refractivity contribution is 7.21. The zero-order valence-corrected chi connectivity index (χ0v) is 31.2. The van der Waals surface area contributed by atoms with Crippen molar-refractivity contribution < 1.29 is 0 Å². The molecule has 0 atom stereocenters. The van der Waals surface area contributed by atoms with E-state index in [0.717, 1.165) is 5.69 Å². The molecule has 2 nitrogen and oxygen atoms in total. The van der Waals surface area contributed by atoms with Crippen molar-refractivity contribution in [3.05, 3.63) is 224 Å². The molecule has 250 valence electrons. The number of benzene rings is 8. The van der Waals surface area contributed by atoms with Crippen molar-refractivity contribution in [2.45, 2.75) is 0 Å². The molecule has 1 heterocycles. The van der Waals surface area contributed by atoms with E-state index >= 15 is 0 Å². The summed E-state index contributed by atoms with van der Waals surface area (Å²) in [6, 6.07) is 82.3. The van der Waals surface area contributed by atoms with E-state index in [1.165, 1.54) is 52.9 Å². The average molecular weight is 709 g/mol. The van der Waals surface area contributed by atoms with Crippen molar-refractivity contribution >= 4 is 74.7 Å². The minimum atomic E-state index is -2.78. The predicted molar refractivity (Wildman–Crippen MR) is 227 cm³/mol. The first kappa shape index (κ1) is 32.4. The van der Waals surface area contributed by atoms with Crippen LogP contribution >= 0.6 is 0 Å². The first-order chi connectivity index (χ1) is 26.3. The number of hydrogen-bond donors (Lipinski definition) is 0. The van der Waals surface area contributed by atoms with Gasteiger partial charge in [-0.15, -0.1) is 0 Å². The lowest BCUT2D eigenvalue weighted by Gasteiger charge is -2.45. The number of rotatable bonds is 7. The average Bonchev–Trinajstić information content (AvgIpc) is 3.25. The maximum Gasteiger partial charge on any atom is 0.184 e. The summed E-state index contributed by atoms with van der Waals surface area (Å²) in [4.78, 5) is 2.47. The maximum atomic E-state index is 9.70. The Bertz CT molecular complexity index is 2420. The number of anilines is 3. The van der Waals surface area contributed by atoms with E-state index in [0.29, 0.717) is 5.56 Å². The zero-order chi connectivity index (χ0) is 35.7. The molecule has 53 heavy (non-hydrogen) atoms. The summed E-state index contributed by atoms with van der Waals surface area (Å²) in [5.41, 5.74) is 4.24. The largest absolute Gasteiger partial charge is 0.311 e. The second-order valence-electron chi connectivity index (χ2n) is 13.6. The molecule has 0 saturated heterocycles. The van der Waals surface area contributed by atoms with Crippen LogP contribution in [-0.2, 0) is 0 Å². The van der Waals surface area contributed by atoms with Gasteiger partial charge >= 0.3 is 0 Å². The van der Waals surface area contributed by atoms with Crippen LogP contribution in [0.1, 0.15) is 5.56 Å². The van der Waals surface area contributed by atoms with Crippen LogP contribution < -0.4 is 46.4 Å². The topological polar surface area (TPSA) is 27.0 Å². The number of para-hydroxylation sites is 2. The molecular formula is C49H36N2Si2. The van der Waals surface area contributed by atoms with Gasteiger partial charge in [0, 0.05) is 17.1 Å². The lowest BCUT2D eigenvalue weighted by atomic mass is 10.2. The van der Waals surface area contributed by atoms with Gasteiger partial charge in [0.15, 0.2) is 16.1 Å². The first-order valence-electron chi connectivity index (χ1n) is 18.1. The molecular weight excluding hydrogens is 673 g/mol. The Morgan fingerprint density at radius 3 is 1.17 bits per heavy atom. The third kappa shape index (κ3) is 5.13. The lowest BCUT2D eigenvalue weighted by molar-refractivity contribution is 1.29. The van der Waals surface area contributed by atoms with Crippen molar-refractivity contribution in [3.63, 3.8) is 0 Å². The van der Waals surface area contributed by atoms with Crippen molar-refractivity contribution in [1.82, 2.24) is 0 Å². The number of nitrogens with zero attached hydrogens (tertiary/aromatic N) is 2. The van der Waals surface area contributed by atoms with Gasteiger partial charge in [0.05, 0.1) is 11.6 Å². The van der Waals surface area contributed by atoms with Gasteiger partial charge in [-0.25, -0.2) is 0 Å². The molecule has 0 aromatic heterocycles. The highest BCUT2D eigenvalue weighted by atomic mass is 28.3. The summed E-state index contributed by atoms with van der Waals surface area (Å²) in [6.45, 7) is 0. The van der Waals surface area contributed by atoms with Crippen LogP contribution in [0.3, 0.4) is 0 Å². The van der Waals surface area contributed by atoms with Crippen molar-refractivity contribution in [3.8, 4) is 6.07 Å². The van der Waals surface area contributed by atoms with E-state index in [1.54, 1.807) is 0 Å². The standard InChI is InChI=1S/C49H36N2Si2/c50-37-38-29-33-44(34-30-38)52(40-17-5-1-6-18-40,41-19-7-2-8-20-41)45-35-31-39(32-36-45)51-46-25-13-15-27-48(46)53(42-21-9-3-10-22-42,43-23-11-4-12-24-43)49-28-16-14-26-47(49)51/h1-36H. The molecule has 8 aromatic carbocycles. The molecule has 0 bridgehead atoms. The normalized spacial score (nSPS) is 13.0. The Kier molecular flexibility index (Phi) is 8.29. The van der Waals surface area contributed by atoms with Crippen LogP contribution in [0.2, 0.25) is 0 Å². The van der Waals surface area contributed by atoms with Crippen LogP contribution in [0, 0.1) is 11.3 Å². The van der Waals surface area contributed by atoms with Crippen molar-refractivity contribution in [1.29, 1.82) is 5.26 Å².